The number of nitrogens with two attached hydrogens (primary N) is 1. The molecule has 0 radical (unpaired) electrons. The Morgan fingerprint density at radius 2 is 1.87 bits per heavy atom. The summed E-state index contributed by atoms with van der Waals surface area (Å²) in [6, 6.07) is 2.24. The van der Waals surface area contributed by atoms with Gasteiger partial charge >= 0.3 is 0 Å². The third-order valence-electron chi connectivity index (χ3n) is 8.79. The van der Waals surface area contributed by atoms with Gasteiger partial charge in [0.25, 0.3) is 0 Å². The van der Waals surface area contributed by atoms with E-state index in [-0.39, 0.29) is 17.7 Å². The molecule has 2 saturated heterocycles. The van der Waals surface area contributed by atoms with Crippen molar-refractivity contribution >= 4 is 41.2 Å². The number of nitrogen functional groups attached to an aromatic ring is 1. The number of carbonyl (C=O) groups excluding carboxylic acids is 1. The molecule has 208 valence electrons. The molecule has 1 aromatic heterocycles. The highest BCUT2D eigenvalue weighted by Crippen LogP contribution is 2.44. The number of aromatic nitrogens is 2. The molecule has 1 aromatic carbocycles. The molecule has 0 saturated carbocycles. The van der Waals surface area contributed by atoms with Crippen molar-refractivity contribution in [1.82, 2.24) is 19.8 Å². The summed E-state index contributed by atoms with van der Waals surface area (Å²) in [6.07, 6.45) is 4.31. The number of nitrogens with zero attached hydrogens (tertiary/aromatic N) is 6. The maximum atomic E-state index is 12.2. The molecule has 39 heavy (non-hydrogen) atoms. The Bertz CT molecular complexity index is 1300. The van der Waals surface area contributed by atoms with Gasteiger partial charge in [0.1, 0.15) is 5.82 Å². The number of carbonyl (C=O) groups is 1. The molecular weight excluding hydrogens is 512 g/mol. The number of rotatable bonds is 6. The fourth-order valence-electron chi connectivity index (χ4n) is 6.21. The number of anilines is 3. The van der Waals surface area contributed by atoms with Gasteiger partial charge in [-0.2, -0.15) is 4.98 Å². The van der Waals surface area contributed by atoms with Crippen LogP contribution in [0, 0.1) is 18.3 Å². The van der Waals surface area contributed by atoms with E-state index < -0.39 is 0 Å². The molecule has 3 N–H and O–H groups in total. The normalized spacial score (nSPS) is 21.5. The lowest BCUT2D eigenvalue weighted by molar-refractivity contribution is -0.126. The zero-order valence-corrected chi connectivity index (χ0v) is 24.1. The van der Waals surface area contributed by atoms with Gasteiger partial charge in [0.05, 0.1) is 5.69 Å². The minimum atomic E-state index is -0.0232. The van der Waals surface area contributed by atoms with Gasteiger partial charge in [-0.25, -0.2) is 4.98 Å². The monoisotopic (exact) mass is 550 g/mol. The minimum Gasteiger partial charge on any atom is -0.398 e. The van der Waals surface area contributed by atoms with Gasteiger partial charge in [-0.15, -0.1) is 0 Å². The van der Waals surface area contributed by atoms with Crippen LogP contribution in [0.2, 0.25) is 5.02 Å². The Morgan fingerprint density at radius 3 is 2.49 bits per heavy atom. The van der Waals surface area contributed by atoms with Crippen molar-refractivity contribution in [1.29, 1.82) is 5.41 Å². The second kappa shape index (κ2) is 10.8. The largest absolute Gasteiger partial charge is 0.398 e. The van der Waals surface area contributed by atoms with Crippen molar-refractivity contribution in [2.75, 3.05) is 68.9 Å². The molecular formula is C29H39ClN8O. The molecule has 1 amide bonds. The lowest BCUT2D eigenvalue weighted by Gasteiger charge is -2.44. The lowest BCUT2D eigenvalue weighted by atomic mass is 9.72. The number of fused-ring (bicyclic) bond motifs is 1. The summed E-state index contributed by atoms with van der Waals surface area (Å²) in [7, 11) is 4.22. The van der Waals surface area contributed by atoms with Crippen LogP contribution >= 0.6 is 11.6 Å². The van der Waals surface area contributed by atoms with Crippen LogP contribution in [-0.2, 0) is 17.6 Å². The molecule has 5 rings (SSSR count). The lowest BCUT2D eigenvalue weighted by Crippen LogP contribution is -2.58. The number of hydrogen-bond acceptors (Lipinski definition) is 8. The summed E-state index contributed by atoms with van der Waals surface area (Å²) >= 11 is 6.59. The Labute approximate surface area is 236 Å². The summed E-state index contributed by atoms with van der Waals surface area (Å²) in [6.45, 7) is 12.5. The van der Waals surface area contributed by atoms with Gasteiger partial charge in [0.2, 0.25) is 11.9 Å². The van der Waals surface area contributed by atoms with Gasteiger partial charge in [-0.3, -0.25) is 4.79 Å². The van der Waals surface area contributed by atoms with Gasteiger partial charge in [0, 0.05) is 73.4 Å². The number of hydrogen-bond donors (Lipinski definition) is 2. The van der Waals surface area contributed by atoms with E-state index in [9.17, 15) is 4.79 Å². The molecule has 10 heteroatoms. The highest BCUT2D eigenvalue weighted by molar-refractivity contribution is 6.32. The molecule has 2 atom stereocenters. The molecule has 9 nitrogen and oxygen atoms in total. The molecule has 0 spiro atoms. The summed E-state index contributed by atoms with van der Waals surface area (Å²) in [5.74, 6) is 2.17. The van der Waals surface area contributed by atoms with Crippen molar-refractivity contribution in [3.05, 3.63) is 51.7 Å². The number of benzene rings is 1. The van der Waals surface area contributed by atoms with Gasteiger partial charge in [-0.1, -0.05) is 25.1 Å². The van der Waals surface area contributed by atoms with Crippen molar-refractivity contribution in [2.45, 2.75) is 38.6 Å². The average Bonchev–Trinajstić information content (AvgIpc) is 2.88. The van der Waals surface area contributed by atoms with Crippen molar-refractivity contribution in [3.63, 3.8) is 0 Å². The van der Waals surface area contributed by atoms with E-state index in [1.54, 1.807) is 6.07 Å². The summed E-state index contributed by atoms with van der Waals surface area (Å²) in [4.78, 5) is 31.1. The summed E-state index contributed by atoms with van der Waals surface area (Å²) in [5.41, 5.74) is 11.9. The molecule has 0 bridgehead atoms. The van der Waals surface area contributed by atoms with Crippen LogP contribution in [-0.4, -0.2) is 91.3 Å². The van der Waals surface area contributed by atoms with E-state index in [0.717, 1.165) is 73.2 Å². The second-order valence-corrected chi connectivity index (χ2v) is 11.8. The average molecular weight is 551 g/mol. The highest BCUT2D eigenvalue weighted by Gasteiger charge is 2.37. The maximum Gasteiger partial charge on any atom is 0.246 e. The molecule has 2 aliphatic heterocycles. The molecule has 2 fully saturated rings. The van der Waals surface area contributed by atoms with Gasteiger partial charge < -0.3 is 30.7 Å². The number of piperazine rings is 1. The number of halogens is 1. The number of nitrogens with one attached hydrogen (secondary N) is 1. The second-order valence-electron chi connectivity index (χ2n) is 11.3. The Kier molecular flexibility index (Phi) is 7.57. The number of likely N-dealkylation sites (N-methyl/N-ethyl adjacent to an activating group) is 1. The Morgan fingerprint density at radius 1 is 1.18 bits per heavy atom. The number of amides is 1. The standard InChI is InChI=1S/C29H39ClN8O/c1-6-26(39)36-7-9-37(10-8-36)28-21-11-17(2)20(27-18(3)23(30)13-24(32)22(27)14-31)12-25(21)33-29(34-28)38-15-19(16-38)35(4)5/h6,13-14,17,19-20,31H,1,7-12,15-16,32H2,2-5H3/t17-,20-/m1/s1. The molecule has 0 unspecified atom stereocenters. The molecule has 3 aliphatic rings. The summed E-state index contributed by atoms with van der Waals surface area (Å²) in [5, 5.41) is 8.74. The maximum absolute atomic E-state index is 12.2. The quantitative estimate of drug-likeness (QED) is 0.323. The molecule has 3 heterocycles. The van der Waals surface area contributed by atoms with E-state index in [0.29, 0.717) is 29.8 Å². The first-order valence-electron chi connectivity index (χ1n) is 13.7. The third kappa shape index (κ3) is 4.98. The van der Waals surface area contributed by atoms with Crippen LogP contribution in [0.15, 0.2) is 18.7 Å². The zero-order valence-electron chi connectivity index (χ0n) is 23.4. The minimum absolute atomic E-state index is 0.0232. The van der Waals surface area contributed by atoms with Gasteiger partial charge in [0.15, 0.2) is 0 Å². The predicted molar refractivity (Wildman–Crippen MR) is 159 cm³/mol. The van der Waals surface area contributed by atoms with Gasteiger partial charge in [-0.05, 0) is 69.0 Å². The van der Waals surface area contributed by atoms with Crippen LogP contribution in [0.5, 0.6) is 0 Å². The van der Waals surface area contributed by atoms with E-state index in [2.05, 4.69) is 42.3 Å². The highest BCUT2D eigenvalue weighted by atomic mass is 35.5. The topological polar surface area (TPSA) is 106 Å². The van der Waals surface area contributed by atoms with E-state index >= 15 is 0 Å². The van der Waals surface area contributed by atoms with Crippen LogP contribution in [0.3, 0.4) is 0 Å². The summed E-state index contributed by atoms with van der Waals surface area (Å²) < 4.78 is 0. The van der Waals surface area contributed by atoms with Crippen LogP contribution < -0.4 is 15.5 Å². The fraction of sp³-hybridized carbons (Fsp3) is 0.517. The van der Waals surface area contributed by atoms with E-state index in [1.165, 1.54) is 17.9 Å². The smallest absolute Gasteiger partial charge is 0.246 e. The third-order valence-corrected chi connectivity index (χ3v) is 9.18. The van der Waals surface area contributed by atoms with E-state index in [1.807, 2.05) is 11.8 Å². The van der Waals surface area contributed by atoms with Crippen LogP contribution in [0.1, 0.15) is 40.8 Å². The van der Waals surface area contributed by atoms with Crippen molar-refractivity contribution in [2.24, 2.45) is 5.92 Å². The predicted octanol–water partition coefficient (Wildman–Crippen LogP) is 3.12. The molecule has 1 aliphatic carbocycles. The SMILES string of the molecule is C=CC(=O)N1CCN(c2nc(N3CC(N(C)C)C3)nc3c2C[C@@H](C)[C@H](c2c(C)c(Cl)cc(N)c2C=N)C3)CC1. The molecule has 2 aromatic rings. The van der Waals surface area contributed by atoms with Crippen LogP contribution in [0.25, 0.3) is 0 Å². The first-order valence-corrected chi connectivity index (χ1v) is 14.1. The first kappa shape index (κ1) is 27.4. The van der Waals surface area contributed by atoms with E-state index in [4.69, 9.17) is 32.7 Å². The fourth-order valence-corrected chi connectivity index (χ4v) is 6.43. The zero-order chi connectivity index (χ0) is 28.0. The first-order chi connectivity index (χ1) is 18.6. The Hall–Kier alpha value is -3.17. The van der Waals surface area contributed by atoms with Crippen LogP contribution in [0.4, 0.5) is 17.5 Å². The Balaban J connectivity index is 1.53. The van der Waals surface area contributed by atoms with Crippen molar-refractivity contribution < 1.29 is 4.79 Å². The van der Waals surface area contributed by atoms with Crippen molar-refractivity contribution in [3.8, 4) is 0 Å².